The third-order valence-corrected chi connectivity index (χ3v) is 7.28. The number of hydrogen-bond acceptors (Lipinski definition) is 4. The molecule has 0 radical (unpaired) electrons. The summed E-state index contributed by atoms with van der Waals surface area (Å²) >= 11 is 3.53. The number of likely N-dealkylation sites (N-methyl/N-ethyl adjacent to an activating group) is 1. The van der Waals surface area contributed by atoms with Crippen molar-refractivity contribution in [3.8, 4) is 0 Å². The van der Waals surface area contributed by atoms with Gasteiger partial charge < -0.3 is 4.90 Å². The molecule has 1 aromatic carbocycles. The van der Waals surface area contributed by atoms with E-state index in [2.05, 4.69) is 15.9 Å². The fraction of sp³-hybridized carbons (Fsp3) is 0.611. The minimum atomic E-state index is -3.01. The van der Waals surface area contributed by atoms with Crippen LogP contribution in [0, 0.1) is 0 Å². The lowest BCUT2D eigenvalue weighted by Gasteiger charge is -2.35. The first-order valence-electron chi connectivity index (χ1n) is 8.67. The van der Waals surface area contributed by atoms with Crippen molar-refractivity contribution in [1.82, 2.24) is 9.80 Å². The Kier molecular flexibility index (Phi) is 7.05. The first kappa shape index (κ1) is 20.4. The molecule has 1 aliphatic rings. The van der Waals surface area contributed by atoms with Gasteiger partial charge in [0.25, 0.3) is 0 Å². The lowest BCUT2D eigenvalue weighted by molar-refractivity contribution is -0.136. The van der Waals surface area contributed by atoms with Crippen LogP contribution in [0.1, 0.15) is 32.3 Å². The van der Waals surface area contributed by atoms with Crippen molar-refractivity contribution in [3.63, 3.8) is 0 Å². The van der Waals surface area contributed by atoms with Gasteiger partial charge in [0.2, 0.25) is 5.91 Å². The number of carbonyl (C=O) groups is 1. The van der Waals surface area contributed by atoms with Crippen LogP contribution in [-0.2, 0) is 21.2 Å². The number of benzene rings is 1. The Balaban J connectivity index is 2.05. The molecule has 0 aliphatic carbocycles. The molecule has 1 heterocycles. The minimum absolute atomic E-state index is 0.00556. The first-order valence-corrected chi connectivity index (χ1v) is 11.3. The van der Waals surface area contributed by atoms with E-state index in [0.29, 0.717) is 13.0 Å². The molecule has 2 rings (SSSR count). The maximum atomic E-state index is 12.9. The van der Waals surface area contributed by atoms with Gasteiger partial charge in [-0.1, -0.05) is 41.1 Å². The Morgan fingerprint density at radius 1 is 1.36 bits per heavy atom. The summed E-state index contributed by atoms with van der Waals surface area (Å²) in [4.78, 5) is 16.7. The van der Waals surface area contributed by atoms with Gasteiger partial charge >= 0.3 is 0 Å². The number of carbonyl (C=O) groups excluding carboxylic acids is 1. The molecule has 0 saturated carbocycles. The highest BCUT2D eigenvalue weighted by Gasteiger charge is 2.36. The molecule has 1 fully saturated rings. The SMILES string of the molecule is CC[C@H](C)N(C(=O)CN(C)Cc1ccccc1Br)[C@H]1CCS(=O)(=O)C1. The maximum Gasteiger partial charge on any atom is 0.237 e. The van der Waals surface area contributed by atoms with Crippen LogP contribution in [-0.4, -0.2) is 61.3 Å². The second kappa shape index (κ2) is 8.64. The smallest absolute Gasteiger partial charge is 0.237 e. The fourth-order valence-electron chi connectivity index (χ4n) is 3.29. The van der Waals surface area contributed by atoms with Crippen LogP contribution in [0.3, 0.4) is 0 Å². The maximum absolute atomic E-state index is 12.9. The van der Waals surface area contributed by atoms with E-state index in [-0.39, 0.29) is 36.0 Å². The molecule has 2 atom stereocenters. The average molecular weight is 431 g/mol. The summed E-state index contributed by atoms with van der Waals surface area (Å²) in [7, 11) is -1.10. The summed E-state index contributed by atoms with van der Waals surface area (Å²) < 4.78 is 24.7. The minimum Gasteiger partial charge on any atom is -0.335 e. The van der Waals surface area contributed by atoms with Gasteiger partial charge in [-0.2, -0.15) is 0 Å². The lowest BCUT2D eigenvalue weighted by Crippen LogP contribution is -2.49. The third-order valence-electron chi connectivity index (χ3n) is 4.76. The molecule has 0 spiro atoms. The van der Waals surface area contributed by atoms with Crippen LogP contribution in [0.4, 0.5) is 0 Å². The Morgan fingerprint density at radius 2 is 2.04 bits per heavy atom. The summed E-state index contributed by atoms with van der Waals surface area (Å²) in [5.74, 6) is 0.285. The molecule has 1 aliphatic heterocycles. The van der Waals surface area contributed by atoms with Crippen LogP contribution in [0.15, 0.2) is 28.7 Å². The van der Waals surface area contributed by atoms with Crippen LogP contribution in [0.5, 0.6) is 0 Å². The van der Waals surface area contributed by atoms with E-state index in [4.69, 9.17) is 0 Å². The number of amides is 1. The molecule has 0 bridgehead atoms. The van der Waals surface area contributed by atoms with Crippen molar-refractivity contribution < 1.29 is 13.2 Å². The van der Waals surface area contributed by atoms with Gasteiger partial charge in [0.05, 0.1) is 18.1 Å². The zero-order valence-electron chi connectivity index (χ0n) is 15.1. The highest BCUT2D eigenvalue weighted by molar-refractivity contribution is 9.10. The molecule has 7 heteroatoms. The second-order valence-corrected chi connectivity index (χ2v) is 9.96. The summed E-state index contributed by atoms with van der Waals surface area (Å²) in [6.07, 6.45) is 1.36. The van der Waals surface area contributed by atoms with Crippen LogP contribution < -0.4 is 0 Å². The van der Waals surface area contributed by atoms with E-state index < -0.39 is 9.84 Å². The second-order valence-electron chi connectivity index (χ2n) is 6.88. The molecule has 0 aromatic heterocycles. The zero-order valence-corrected chi connectivity index (χ0v) is 17.5. The zero-order chi connectivity index (χ0) is 18.6. The van der Waals surface area contributed by atoms with Crippen molar-refractivity contribution in [1.29, 1.82) is 0 Å². The molecule has 1 amide bonds. The molecule has 25 heavy (non-hydrogen) atoms. The van der Waals surface area contributed by atoms with Gasteiger partial charge in [-0.3, -0.25) is 9.69 Å². The Labute approximate surface area is 159 Å². The highest BCUT2D eigenvalue weighted by atomic mass is 79.9. The van der Waals surface area contributed by atoms with Crippen molar-refractivity contribution in [2.75, 3.05) is 25.1 Å². The number of halogens is 1. The molecular weight excluding hydrogens is 404 g/mol. The van der Waals surface area contributed by atoms with E-state index in [1.807, 2.05) is 50.1 Å². The highest BCUT2D eigenvalue weighted by Crippen LogP contribution is 2.22. The van der Waals surface area contributed by atoms with Gasteiger partial charge in [0.15, 0.2) is 9.84 Å². The molecule has 5 nitrogen and oxygen atoms in total. The summed E-state index contributed by atoms with van der Waals surface area (Å²) in [5.41, 5.74) is 1.12. The van der Waals surface area contributed by atoms with Crippen molar-refractivity contribution in [3.05, 3.63) is 34.3 Å². The first-order chi connectivity index (χ1) is 11.7. The monoisotopic (exact) mass is 430 g/mol. The standard InChI is InChI=1S/C18H27BrN2O3S/c1-4-14(2)21(16-9-10-25(23,24)13-16)18(22)12-20(3)11-15-7-5-6-8-17(15)19/h5-8,14,16H,4,9-13H2,1-3H3/t14-,16-/m0/s1. The molecule has 0 unspecified atom stereocenters. The van der Waals surface area contributed by atoms with Gasteiger partial charge in [-0.05, 0) is 38.4 Å². The molecule has 1 aromatic rings. The van der Waals surface area contributed by atoms with Gasteiger partial charge in [-0.25, -0.2) is 8.42 Å². The molecule has 0 N–H and O–H groups in total. The predicted molar refractivity (Wildman–Crippen MR) is 104 cm³/mol. The van der Waals surface area contributed by atoms with Gasteiger partial charge in [0, 0.05) is 23.1 Å². The van der Waals surface area contributed by atoms with Crippen LogP contribution >= 0.6 is 15.9 Å². The number of sulfone groups is 1. The van der Waals surface area contributed by atoms with E-state index in [9.17, 15) is 13.2 Å². The van der Waals surface area contributed by atoms with Crippen LogP contribution in [0.2, 0.25) is 0 Å². The summed E-state index contributed by atoms with van der Waals surface area (Å²) in [5, 5.41) is 0. The van der Waals surface area contributed by atoms with Crippen molar-refractivity contribution in [2.24, 2.45) is 0 Å². The van der Waals surface area contributed by atoms with E-state index >= 15 is 0 Å². The van der Waals surface area contributed by atoms with Crippen molar-refractivity contribution in [2.45, 2.75) is 45.3 Å². The quantitative estimate of drug-likeness (QED) is 0.666. The predicted octanol–water partition coefficient (Wildman–Crippen LogP) is 2.70. The molecule has 140 valence electrons. The molecule has 1 saturated heterocycles. The Bertz CT molecular complexity index is 708. The van der Waals surface area contributed by atoms with Crippen molar-refractivity contribution >= 4 is 31.7 Å². The molecular formula is C18H27BrN2O3S. The lowest BCUT2D eigenvalue weighted by atomic mass is 10.1. The third kappa shape index (κ3) is 5.53. The summed E-state index contributed by atoms with van der Waals surface area (Å²) in [6, 6.07) is 7.81. The topological polar surface area (TPSA) is 57.7 Å². The number of nitrogens with zero attached hydrogens (tertiary/aromatic N) is 2. The van der Waals surface area contributed by atoms with E-state index in [1.54, 1.807) is 4.90 Å². The largest absolute Gasteiger partial charge is 0.335 e. The fourth-order valence-corrected chi connectivity index (χ4v) is 5.41. The van der Waals surface area contributed by atoms with E-state index in [1.165, 1.54) is 0 Å². The normalized spacial score (nSPS) is 20.6. The average Bonchev–Trinajstić information content (AvgIpc) is 2.89. The van der Waals surface area contributed by atoms with Gasteiger partial charge in [0.1, 0.15) is 0 Å². The Hall–Kier alpha value is -0.920. The number of rotatable bonds is 7. The van der Waals surface area contributed by atoms with E-state index in [0.717, 1.165) is 16.5 Å². The number of hydrogen-bond donors (Lipinski definition) is 0. The Morgan fingerprint density at radius 3 is 2.60 bits per heavy atom. The van der Waals surface area contributed by atoms with Crippen LogP contribution in [0.25, 0.3) is 0 Å². The summed E-state index contributed by atoms with van der Waals surface area (Å²) in [6.45, 7) is 4.96. The van der Waals surface area contributed by atoms with Gasteiger partial charge in [-0.15, -0.1) is 0 Å².